The van der Waals surface area contributed by atoms with Crippen LogP contribution in [0, 0.1) is 19.7 Å². The Balaban J connectivity index is 0. The maximum atomic E-state index is 7.50. The summed E-state index contributed by atoms with van der Waals surface area (Å²) in [5.74, 6) is 0. The Morgan fingerprint density at radius 1 is 1.12 bits per heavy atom. The van der Waals surface area contributed by atoms with Crippen LogP contribution in [0.25, 0.3) is 6.08 Å². The van der Waals surface area contributed by atoms with E-state index in [9.17, 15) is 0 Å². The summed E-state index contributed by atoms with van der Waals surface area (Å²) in [6.07, 6.45) is 16.1. The van der Waals surface area contributed by atoms with E-state index in [0.717, 1.165) is 4.60 Å². The third-order valence-corrected chi connectivity index (χ3v) is 2.91. The van der Waals surface area contributed by atoms with Crippen LogP contribution in [-0.2, 0) is 29.6 Å². The first kappa shape index (κ1) is 25.3. The molecule has 0 atom stereocenters. The molecule has 0 unspecified atom stereocenters. The van der Waals surface area contributed by atoms with Gasteiger partial charge in [0.05, 0.1) is 0 Å². The zero-order valence-electron chi connectivity index (χ0n) is 14.3. The third kappa shape index (κ3) is 16.6. The van der Waals surface area contributed by atoms with E-state index in [1.165, 1.54) is 11.1 Å². The molecule has 0 spiro atoms. The molecule has 1 aliphatic rings. The molecule has 0 saturated heterocycles. The Morgan fingerprint density at radius 2 is 1.76 bits per heavy atom. The first-order chi connectivity index (χ1) is 12.2. The van der Waals surface area contributed by atoms with Crippen molar-refractivity contribution >= 4 is 10.7 Å². The van der Waals surface area contributed by atoms with Crippen LogP contribution < -0.4 is 0 Å². The van der Waals surface area contributed by atoms with E-state index >= 15 is 0 Å². The first-order valence-corrected chi connectivity index (χ1v) is 7.95. The minimum atomic E-state index is 0.674. The fraction of sp³-hybridized carbons (Fsp3) is 0.143. The van der Waals surface area contributed by atoms with Crippen molar-refractivity contribution in [2.75, 3.05) is 6.61 Å². The van der Waals surface area contributed by atoms with Crippen molar-refractivity contribution in [3.8, 4) is 0 Å². The molecule has 0 bridgehead atoms. The molecule has 3 nitrogen and oxygen atoms in total. The maximum absolute atomic E-state index is 7.50. The normalized spacial score (nSPS) is 11.4. The molecule has 0 heterocycles. The van der Waals surface area contributed by atoms with Crippen LogP contribution in [0.15, 0.2) is 72.4 Å². The van der Waals surface area contributed by atoms with Gasteiger partial charge in [-0.05, 0) is 6.92 Å². The molecule has 25 heavy (non-hydrogen) atoms. The van der Waals surface area contributed by atoms with E-state index in [1.54, 1.807) is 0 Å². The quantitative estimate of drug-likeness (QED) is 0.321. The summed E-state index contributed by atoms with van der Waals surface area (Å²) in [6, 6.07) is 10.2. The van der Waals surface area contributed by atoms with Crippen LogP contribution in [-0.4, -0.2) is 11.2 Å². The summed E-state index contributed by atoms with van der Waals surface area (Å²) in [5.41, 5.74) is 2.53. The molecule has 130 valence electrons. The Bertz CT molecular complexity index is 612. The molecular formula is C21H21MnO3. The Hall–Kier alpha value is -1.99. The summed E-state index contributed by atoms with van der Waals surface area (Å²) < 4.78 is 21.0. The van der Waals surface area contributed by atoms with Crippen molar-refractivity contribution in [2.24, 2.45) is 0 Å². The third-order valence-electron chi connectivity index (χ3n) is 2.54. The average Bonchev–Trinajstić information content (AvgIpc) is 3.15. The van der Waals surface area contributed by atoms with Gasteiger partial charge in [-0.25, -0.2) is 0 Å². The predicted octanol–water partition coefficient (Wildman–Crippen LogP) is 4.60. The van der Waals surface area contributed by atoms with Gasteiger partial charge in [0, 0.05) is 6.42 Å². The van der Waals surface area contributed by atoms with Gasteiger partial charge in [-0.3, -0.25) is 0 Å². The van der Waals surface area contributed by atoms with Crippen LogP contribution in [0.5, 0.6) is 0 Å². The number of allylic oxidation sites excluding steroid dienone is 6. The summed E-state index contributed by atoms with van der Waals surface area (Å²) in [5, 5.41) is 0. The number of hydrogen-bond acceptors (Lipinski definition) is 1. The number of benzene rings is 1. The summed E-state index contributed by atoms with van der Waals surface area (Å²) in [4.78, 5) is 0. The molecule has 1 radical (unpaired) electrons. The van der Waals surface area contributed by atoms with Crippen LogP contribution in [0.4, 0.5) is 0 Å². The van der Waals surface area contributed by atoms with Crippen molar-refractivity contribution in [3.05, 3.63) is 97.6 Å². The monoisotopic (exact) mass is 376 g/mol. The summed E-state index contributed by atoms with van der Waals surface area (Å²) in [7, 11) is 0. The van der Waals surface area contributed by atoms with Crippen molar-refractivity contribution in [1.29, 1.82) is 0 Å². The molecule has 2 rings (SSSR count). The summed E-state index contributed by atoms with van der Waals surface area (Å²) in [6.45, 7) is 13.7. The Labute approximate surface area is 158 Å². The Morgan fingerprint density at radius 3 is 2.20 bits per heavy atom. The molecule has 0 aromatic heterocycles. The SMILES string of the molecule is CC1=C[CH]C=C1.CCO[C](=[Mn])/C=C/C=C/c1ccccc1.[C-]#[O+].[C-]#[O+]. The second-order valence-corrected chi connectivity index (χ2v) is 4.91. The van der Waals surface area contributed by atoms with Crippen LogP contribution in [0.2, 0.25) is 0 Å². The van der Waals surface area contributed by atoms with Crippen LogP contribution >= 0.6 is 0 Å². The van der Waals surface area contributed by atoms with E-state index < -0.39 is 0 Å². The molecule has 0 fully saturated rings. The first-order valence-electron chi connectivity index (χ1n) is 7.36. The van der Waals surface area contributed by atoms with Crippen LogP contribution in [0.1, 0.15) is 19.4 Å². The molecule has 1 aromatic carbocycles. The van der Waals surface area contributed by atoms with Crippen molar-refractivity contribution in [1.82, 2.24) is 0 Å². The molecule has 1 aromatic rings. The van der Waals surface area contributed by atoms with Gasteiger partial charge in [0.15, 0.2) is 0 Å². The molecule has 0 N–H and O–H groups in total. The number of rotatable bonds is 5. The van der Waals surface area contributed by atoms with Gasteiger partial charge in [0.25, 0.3) is 0 Å². The van der Waals surface area contributed by atoms with Gasteiger partial charge in [0.1, 0.15) is 0 Å². The van der Waals surface area contributed by atoms with E-state index in [-0.39, 0.29) is 0 Å². The second-order valence-electron chi connectivity index (χ2n) is 4.33. The fourth-order valence-electron chi connectivity index (χ4n) is 1.52. The van der Waals surface area contributed by atoms with Gasteiger partial charge in [-0.2, -0.15) is 0 Å². The van der Waals surface area contributed by atoms with Crippen LogP contribution in [0.3, 0.4) is 0 Å². The molecule has 0 aliphatic heterocycles. The van der Waals surface area contributed by atoms with Crippen molar-refractivity contribution in [3.63, 3.8) is 0 Å². The van der Waals surface area contributed by atoms with Crippen molar-refractivity contribution in [2.45, 2.75) is 13.8 Å². The van der Waals surface area contributed by atoms with E-state index in [2.05, 4.69) is 60.1 Å². The van der Waals surface area contributed by atoms with Gasteiger partial charge < -0.3 is 0 Å². The number of hydrogen-bond donors (Lipinski definition) is 0. The predicted molar refractivity (Wildman–Crippen MR) is 96.3 cm³/mol. The standard InChI is InChI=1S/C13H14O.C6H7.2CO.Mn/c1-2-14-12-8-4-7-11-13-9-5-3-6-10-13;1-6-4-2-3-5-6;2*1-2;/h3-11H,2H2,1H3;2-5H,1H3;;;/b8-4+,11-7+;;;;. The fourth-order valence-corrected chi connectivity index (χ4v) is 1.80. The van der Waals surface area contributed by atoms with Gasteiger partial charge >= 0.3 is 121 Å². The molecule has 1 aliphatic carbocycles. The van der Waals surface area contributed by atoms with E-state index in [1.807, 2.05) is 61.9 Å². The minimum absolute atomic E-state index is 0.674. The van der Waals surface area contributed by atoms with Gasteiger partial charge in [-0.15, -0.1) is 0 Å². The van der Waals surface area contributed by atoms with Gasteiger partial charge in [-0.1, -0.05) is 23.8 Å². The van der Waals surface area contributed by atoms with Gasteiger partial charge in [0.2, 0.25) is 0 Å². The molecule has 4 heteroatoms. The number of ether oxygens (including phenoxy) is 1. The molecule has 0 amide bonds. The topological polar surface area (TPSA) is 49.0 Å². The Kier molecular flexibility index (Phi) is 20.3. The second kappa shape index (κ2) is 20.1. The zero-order valence-corrected chi connectivity index (χ0v) is 15.5. The molecule has 0 saturated carbocycles. The molecular weight excluding hydrogens is 355 g/mol. The van der Waals surface area contributed by atoms with Crippen molar-refractivity contribution < 1.29 is 29.6 Å². The average molecular weight is 376 g/mol. The van der Waals surface area contributed by atoms with E-state index in [0.29, 0.717) is 6.61 Å². The van der Waals surface area contributed by atoms with E-state index in [4.69, 9.17) is 14.0 Å². The summed E-state index contributed by atoms with van der Waals surface area (Å²) >= 11 is 3.30. The zero-order chi connectivity index (χ0) is 19.3.